The summed E-state index contributed by atoms with van der Waals surface area (Å²) in [5.74, 6) is 0.133. The lowest BCUT2D eigenvalue weighted by atomic mass is 10.1. The van der Waals surface area contributed by atoms with Gasteiger partial charge in [0.1, 0.15) is 0 Å². The van der Waals surface area contributed by atoms with Gasteiger partial charge in [-0.15, -0.1) is 0 Å². The Kier molecular flexibility index (Phi) is 3.25. The summed E-state index contributed by atoms with van der Waals surface area (Å²) in [5.41, 5.74) is 1.70. The summed E-state index contributed by atoms with van der Waals surface area (Å²) < 4.78 is 0. The summed E-state index contributed by atoms with van der Waals surface area (Å²) in [6, 6.07) is 7.46. The number of amides is 1. The summed E-state index contributed by atoms with van der Waals surface area (Å²) in [6.45, 7) is 7.37. The number of carbonyl (C=O) groups is 1. The van der Waals surface area contributed by atoms with E-state index in [9.17, 15) is 4.79 Å². The highest BCUT2D eigenvalue weighted by Gasteiger charge is 2.19. The first-order valence-electron chi connectivity index (χ1n) is 5.56. The number of nitrogens with zero attached hydrogens (tertiary/aromatic N) is 2. The average molecular weight is 217 g/mol. The van der Waals surface area contributed by atoms with E-state index < -0.39 is 0 Å². The molecule has 1 radical (unpaired) electrons. The molecule has 1 aliphatic rings. The molecule has 0 bridgehead atoms. The number of piperazine rings is 1. The molecule has 0 atom stereocenters. The minimum atomic E-state index is 0.133. The van der Waals surface area contributed by atoms with Crippen LogP contribution in [0, 0.1) is 6.92 Å². The van der Waals surface area contributed by atoms with Crippen LogP contribution in [0.15, 0.2) is 24.3 Å². The maximum absolute atomic E-state index is 12.1. The van der Waals surface area contributed by atoms with Crippen molar-refractivity contribution < 1.29 is 4.79 Å². The van der Waals surface area contributed by atoms with E-state index in [0.29, 0.717) is 0 Å². The number of hydrogen-bond acceptors (Lipinski definition) is 2. The molecule has 1 aromatic rings. The fraction of sp³-hybridized carbons (Fsp3) is 0.385. The average Bonchev–Trinajstić information content (AvgIpc) is 2.30. The van der Waals surface area contributed by atoms with E-state index >= 15 is 0 Å². The SMILES string of the molecule is [CH2]c1ccc(C(=O)N2CCN(C)CC2)cc1. The van der Waals surface area contributed by atoms with Gasteiger partial charge in [0.15, 0.2) is 0 Å². The number of hydrogen-bond donors (Lipinski definition) is 0. The molecule has 0 spiro atoms. The Morgan fingerprint density at radius 1 is 1.12 bits per heavy atom. The molecule has 1 heterocycles. The van der Waals surface area contributed by atoms with E-state index in [2.05, 4.69) is 18.9 Å². The molecular weight excluding hydrogens is 200 g/mol. The van der Waals surface area contributed by atoms with E-state index in [0.717, 1.165) is 37.3 Å². The molecule has 0 aliphatic carbocycles. The number of likely N-dealkylation sites (N-methyl/N-ethyl adjacent to an activating group) is 1. The lowest BCUT2D eigenvalue weighted by Crippen LogP contribution is -2.47. The van der Waals surface area contributed by atoms with Crippen molar-refractivity contribution in [1.82, 2.24) is 9.80 Å². The molecule has 2 rings (SSSR count). The zero-order valence-electron chi connectivity index (χ0n) is 9.65. The van der Waals surface area contributed by atoms with Crippen molar-refractivity contribution in [3.05, 3.63) is 42.3 Å². The van der Waals surface area contributed by atoms with Gasteiger partial charge in [0.25, 0.3) is 5.91 Å². The third kappa shape index (κ3) is 2.42. The minimum absolute atomic E-state index is 0.133. The Bertz CT molecular complexity index is 364. The van der Waals surface area contributed by atoms with Gasteiger partial charge in [-0.1, -0.05) is 12.1 Å². The summed E-state index contributed by atoms with van der Waals surface area (Å²) in [5, 5.41) is 0. The largest absolute Gasteiger partial charge is 0.336 e. The van der Waals surface area contributed by atoms with Crippen LogP contribution in [0.25, 0.3) is 0 Å². The normalized spacial score (nSPS) is 17.5. The standard InChI is InChI=1S/C13H17N2O/c1-11-3-5-12(6-4-11)13(16)15-9-7-14(2)8-10-15/h3-6H,1,7-10H2,2H3. The molecule has 0 N–H and O–H groups in total. The Morgan fingerprint density at radius 2 is 1.69 bits per heavy atom. The van der Waals surface area contributed by atoms with Crippen molar-refractivity contribution >= 4 is 5.91 Å². The van der Waals surface area contributed by atoms with Crippen LogP contribution < -0.4 is 0 Å². The topological polar surface area (TPSA) is 23.6 Å². The van der Waals surface area contributed by atoms with Crippen LogP contribution in [0.3, 0.4) is 0 Å². The molecule has 3 nitrogen and oxygen atoms in total. The van der Waals surface area contributed by atoms with Gasteiger partial charge in [0.2, 0.25) is 0 Å². The lowest BCUT2D eigenvalue weighted by Gasteiger charge is -2.32. The summed E-state index contributed by atoms with van der Waals surface area (Å²) >= 11 is 0. The van der Waals surface area contributed by atoms with Gasteiger partial charge in [0, 0.05) is 31.7 Å². The first-order chi connectivity index (χ1) is 7.66. The van der Waals surface area contributed by atoms with Gasteiger partial charge in [-0.3, -0.25) is 4.79 Å². The molecule has 1 aromatic carbocycles. The van der Waals surface area contributed by atoms with Crippen LogP contribution in [0.4, 0.5) is 0 Å². The van der Waals surface area contributed by atoms with Crippen LogP contribution in [0.1, 0.15) is 15.9 Å². The van der Waals surface area contributed by atoms with Crippen LogP contribution in [0.5, 0.6) is 0 Å². The van der Waals surface area contributed by atoms with Crippen molar-refractivity contribution in [2.75, 3.05) is 33.2 Å². The molecular formula is C13H17N2O. The highest BCUT2D eigenvalue weighted by Crippen LogP contribution is 2.09. The second-order valence-electron chi connectivity index (χ2n) is 4.29. The zero-order chi connectivity index (χ0) is 11.5. The van der Waals surface area contributed by atoms with Crippen molar-refractivity contribution in [2.45, 2.75) is 0 Å². The van der Waals surface area contributed by atoms with E-state index in [4.69, 9.17) is 0 Å². The van der Waals surface area contributed by atoms with Crippen LogP contribution in [-0.4, -0.2) is 48.9 Å². The van der Waals surface area contributed by atoms with E-state index in [-0.39, 0.29) is 5.91 Å². The van der Waals surface area contributed by atoms with Crippen molar-refractivity contribution in [3.8, 4) is 0 Å². The predicted molar refractivity (Wildman–Crippen MR) is 64.3 cm³/mol. The second kappa shape index (κ2) is 4.66. The molecule has 1 aliphatic heterocycles. The van der Waals surface area contributed by atoms with Gasteiger partial charge in [-0.05, 0) is 31.7 Å². The minimum Gasteiger partial charge on any atom is -0.336 e. The fourth-order valence-corrected chi connectivity index (χ4v) is 1.84. The Hall–Kier alpha value is -1.35. The summed E-state index contributed by atoms with van der Waals surface area (Å²) in [4.78, 5) is 16.3. The zero-order valence-corrected chi connectivity index (χ0v) is 9.65. The van der Waals surface area contributed by atoms with E-state index in [1.807, 2.05) is 29.2 Å². The van der Waals surface area contributed by atoms with Crippen molar-refractivity contribution in [2.24, 2.45) is 0 Å². The van der Waals surface area contributed by atoms with Gasteiger partial charge in [-0.2, -0.15) is 0 Å². The van der Waals surface area contributed by atoms with Crippen molar-refractivity contribution in [1.29, 1.82) is 0 Å². The third-order valence-corrected chi connectivity index (χ3v) is 2.99. The highest BCUT2D eigenvalue weighted by molar-refractivity contribution is 5.94. The van der Waals surface area contributed by atoms with E-state index in [1.54, 1.807) is 0 Å². The summed E-state index contributed by atoms with van der Waals surface area (Å²) in [7, 11) is 2.08. The van der Waals surface area contributed by atoms with Crippen LogP contribution >= 0.6 is 0 Å². The molecule has 1 amide bonds. The Morgan fingerprint density at radius 3 is 2.25 bits per heavy atom. The second-order valence-corrected chi connectivity index (χ2v) is 4.29. The third-order valence-electron chi connectivity index (χ3n) is 2.99. The molecule has 3 heteroatoms. The maximum atomic E-state index is 12.1. The number of carbonyl (C=O) groups excluding carboxylic acids is 1. The van der Waals surface area contributed by atoms with E-state index in [1.165, 1.54) is 0 Å². The van der Waals surface area contributed by atoms with Gasteiger partial charge < -0.3 is 9.80 Å². The lowest BCUT2D eigenvalue weighted by molar-refractivity contribution is 0.0664. The molecule has 0 unspecified atom stereocenters. The van der Waals surface area contributed by atoms with Crippen LogP contribution in [0.2, 0.25) is 0 Å². The first-order valence-corrected chi connectivity index (χ1v) is 5.56. The van der Waals surface area contributed by atoms with Gasteiger partial charge >= 0.3 is 0 Å². The molecule has 0 saturated carbocycles. The molecule has 85 valence electrons. The quantitative estimate of drug-likeness (QED) is 0.707. The van der Waals surface area contributed by atoms with Gasteiger partial charge in [0.05, 0.1) is 0 Å². The highest BCUT2D eigenvalue weighted by atomic mass is 16.2. The maximum Gasteiger partial charge on any atom is 0.253 e. The van der Waals surface area contributed by atoms with Gasteiger partial charge in [-0.25, -0.2) is 0 Å². The molecule has 1 saturated heterocycles. The number of rotatable bonds is 1. The van der Waals surface area contributed by atoms with Crippen LogP contribution in [-0.2, 0) is 0 Å². The molecule has 16 heavy (non-hydrogen) atoms. The fourth-order valence-electron chi connectivity index (χ4n) is 1.84. The molecule has 1 fully saturated rings. The Labute approximate surface area is 96.7 Å². The monoisotopic (exact) mass is 217 g/mol. The molecule has 0 aromatic heterocycles. The number of benzene rings is 1. The smallest absolute Gasteiger partial charge is 0.253 e. The predicted octanol–water partition coefficient (Wildman–Crippen LogP) is 1.26. The van der Waals surface area contributed by atoms with Crippen molar-refractivity contribution in [3.63, 3.8) is 0 Å². The summed E-state index contributed by atoms with van der Waals surface area (Å²) in [6.07, 6.45) is 0. The Balaban J connectivity index is 2.05. The first kappa shape index (κ1) is 11.1.